The number of benzene rings is 2. The van der Waals surface area contributed by atoms with E-state index in [1.807, 2.05) is 43.3 Å². The molecule has 0 aliphatic rings. The lowest BCUT2D eigenvalue weighted by Crippen LogP contribution is -2.26. The van der Waals surface area contributed by atoms with E-state index in [1.54, 1.807) is 18.2 Å². The van der Waals surface area contributed by atoms with Gasteiger partial charge in [-0.05, 0) is 37.3 Å². The van der Waals surface area contributed by atoms with E-state index >= 15 is 0 Å². The Morgan fingerprint density at radius 2 is 2.00 bits per heavy atom. The highest BCUT2D eigenvalue weighted by Crippen LogP contribution is 2.21. The van der Waals surface area contributed by atoms with Crippen molar-refractivity contribution in [2.24, 2.45) is 0 Å². The number of aliphatic hydroxyl groups excluding tert-OH is 1. The largest absolute Gasteiger partial charge is 0.489 e. The zero-order valence-corrected chi connectivity index (χ0v) is 14.0. The van der Waals surface area contributed by atoms with Crippen LogP contribution in [0.2, 0.25) is 0 Å². The Hall–Kier alpha value is -2.92. The number of aryl methyl sites for hydroxylation is 1. The molecule has 1 aromatic heterocycles. The van der Waals surface area contributed by atoms with E-state index in [4.69, 9.17) is 9.84 Å². The molecule has 128 valence electrons. The van der Waals surface area contributed by atoms with E-state index in [0.717, 1.165) is 22.2 Å². The van der Waals surface area contributed by atoms with E-state index in [0.29, 0.717) is 17.9 Å². The molecule has 0 spiro atoms. The Labute approximate surface area is 146 Å². The number of para-hydroxylation sites is 1. The van der Waals surface area contributed by atoms with Gasteiger partial charge in [-0.1, -0.05) is 24.3 Å². The molecule has 0 radical (unpaired) electrons. The van der Waals surface area contributed by atoms with Crippen LogP contribution in [0.15, 0.2) is 54.6 Å². The van der Waals surface area contributed by atoms with Gasteiger partial charge in [-0.2, -0.15) is 0 Å². The number of ether oxygens (including phenoxy) is 1. The van der Waals surface area contributed by atoms with Gasteiger partial charge in [0.15, 0.2) is 0 Å². The number of pyridine rings is 1. The summed E-state index contributed by atoms with van der Waals surface area (Å²) in [5.74, 6) is 0.389. The van der Waals surface area contributed by atoms with Gasteiger partial charge < -0.3 is 15.2 Å². The predicted octanol–water partition coefficient (Wildman–Crippen LogP) is 2.84. The molecule has 0 unspecified atom stereocenters. The van der Waals surface area contributed by atoms with Crippen LogP contribution in [0.5, 0.6) is 5.75 Å². The lowest BCUT2D eigenvalue weighted by atomic mass is 10.1. The number of aliphatic hydroxyl groups is 1. The summed E-state index contributed by atoms with van der Waals surface area (Å²) in [5.41, 5.74) is 3.44. The molecule has 3 rings (SSSR count). The van der Waals surface area contributed by atoms with Gasteiger partial charge in [0, 0.05) is 28.8 Å². The van der Waals surface area contributed by atoms with Crippen molar-refractivity contribution in [3.63, 3.8) is 0 Å². The molecule has 0 aliphatic heterocycles. The van der Waals surface area contributed by atoms with E-state index in [-0.39, 0.29) is 19.1 Å². The van der Waals surface area contributed by atoms with E-state index < -0.39 is 0 Å². The second-order valence-electron chi connectivity index (χ2n) is 5.74. The van der Waals surface area contributed by atoms with Crippen molar-refractivity contribution in [1.29, 1.82) is 0 Å². The smallest absolute Gasteiger partial charge is 0.251 e. The van der Waals surface area contributed by atoms with Gasteiger partial charge in [-0.15, -0.1) is 0 Å². The van der Waals surface area contributed by atoms with Crippen molar-refractivity contribution in [2.45, 2.75) is 13.5 Å². The molecule has 1 heterocycles. The molecule has 0 fully saturated rings. The number of aromatic nitrogens is 1. The number of fused-ring (bicyclic) bond motifs is 1. The summed E-state index contributed by atoms with van der Waals surface area (Å²) in [7, 11) is 0. The van der Waals surface area contributed by atoms with Gasteiger partial charge in [0.1, 0.15) is 12.4 Å². The summed E-state index contributed by atoms with van der Waals surface area (Å²) in [5, 5.41) is 12.5. The minimum Gasteiger partial charge on any atom is -0.489 e. The second kappa shape index (κ2) is 7.77. The highest BCUT2D eigenvalue weighted by Gasteiger charge is 2.08. The SMILES string of the molecule is Cc1cc(COc2cccc(C(=O)NCCO)c2)c2ccccc2n1. The molecule has 1 amide bonds. The molecule has 3 aromatic rings. The van der Waals surface area contributed by atoms with Crippen molar-refractivity contribution in [2.75, 3.05) is 13.2 Å². The fourth-order valence-electron chi connectivity index (χ4n) is 2.67. The van der Waals surface area contributed by atoms with Crippen LogP contribution >= 0.6 is 0 Å². The first-order chi connectivity index (χ1) is 12.2. The predicted molar refractivity (Wildman–Crippen MR) is 96.7 cm³/mol. The van der Waals surface area contributed by atoms with Crippen LogP contribution in [0.4, 0.5) is 0 Å². The van der Waals surface area contributed by atoms with E-state index in [9.17, 15) is 4.79 Å². The lowest BCUT2D eigenvalue weighted by Gasteiger charge is -2.11. The van der Waals surface area contributed by atoms with Crippen LogP contribution in [0.1, 0.15) is 21.6 Å². The van der Waals surface area contributed by atoms with Crippen LogP contribution in [-0.2, 0) is 6.61 Å². The first kappa shape index (κ1) is 16.9. The van der Waals surface area contributed by atoms with Crippen LogP contribution in [0.25, 0.3) is 10.9 Å². The van der Waals surface area contributed by atoms with Crippen molar-refractivity contribution in [3.8, 4) is 5.75 Å². The highest BCUT2D eigenvalue weighted by atomic mass is 16.5. The zero-order chi connectivity index (χ0) is 17.6. The first-order valence-electron chi connectivity index (χ1n) is 8.14. The molecule has 0 aliphatic carbocycles. The lowest BCUT2D eigenvalue weighted by molar-refractivity contribution is 0.0944. The average Bonchev–Trinajstić information content (AvgIpc) is 2.64. The number of carbonyl (C=O) groups excluding carboxylic acids is 1. The number of nitrogens with zero attached hydrogens (tertiary/aromatic N) is 1. The quantitative estimate of drug-likeness (QED) is 0.726. The number of hydrogen-bond acceptors (Lipinski definition) is 4. The Morgan fingerprint density at radius 1 is 1.16 bits per heavy atom. The number of hydrogen-bond donors (Lipinski definition) is 2. The minimum absolute atomic E-state index is 0.0869. The molecular formula is C20H20N2O3. The maximum absolute atomic E-state index is 12.0. The Morgan fingerprint density at radius 3 is 2.84 bits per heavy atom. The number of nitrogens with one attached hydrogen (secondary N) is 1. The molecule has 5 heteroatoms. The average molecular weight is 336 g/mol. The van der Waals surface area contributed by atoms with Gasteiger partial charge in [-0.25, -0.2) is 0 Å². The number of rotatable bonds is 6. The minimum atomic E-state index is -0.232. The molecule has 25 heavy (non-hydrogen) atoms. The topological polar surface area (TPSA) is 71.5 Å². The third-order valence-corrected chi connectivity index (χ3v) is 3.82. The van der Waals surface area contributed by atoms with Gasteiger partial charge in [0.2, 0.25) is 0 Å². The summed E-state index contributed by atoms with van der Waals surface area (Å²) < 4.78 is 5.89. The van der Waals surface area contributed by atoms with Gasteiger partial charge in [-0.3, -0.25) is 9.78 Å². The maximum atomic E-state index is 12.0. The zero-order valence-electron chi connectivity index (χ0n) is 14.0. The molecule has 5 nitrogen and oxygen atoms in total. The monoisotopic (exact) mass is 336 g/mol. The summed E-state index contributed by atoms with van der Waals surface area (Å²) in [4.78, 5) is 16.5. The maximum Gasteiger partial charge on any atom is 0.251 e. The highest BCUT2D eigenvalue weighted by molar-refractivity contribution is 5.94. The van der Waals surface area contributed by atoms with E-state index in [2.05, 4.69) is 10.3 Å². The molecule has 0 atom stereocenters. The Bertz CT molecular complexity index is 893. The van der Waals surface area contributed by atoms with Crippen LogP contribution < -0.4 is 10.1 Å². The van der Waals surface area contributed by atoms with Crippen molar-refractivity contribution >= 4 is 16.8 Å². The third kappa shape index (κ3) is 4.14. The summed E-state index contributed by atoms with van der Waals surface area (Å²) in [6.07, 6.45) is 0. The molecule has 2 N–H and O–H groups in total. The van der Waals surface area contributed by atoms with Gasteiger partial charge in [0.05, 0.1) is 12.1 Å². The molecule has 0 bridgehead atoms. The number of amides is 1. The second-order valence-corrected chi connectivity index (χ2v) is 5.74. The summed E-state index contributed by atoms with van der Waals surface area (Å²) in [6, 6.07) is 17.0. The normalized spacial score (nSPS) is 10.6. The first-order valence-corrected chi connectivity index (χ1v) is 8.14. The third-order valence-electron chi connectivity index (χ3n) is 3.82. The molecule has 2 aromatic carbocycles. The van der Waals surface area contributed by atoms with Gasteiger partial charge >= 0.3 is 0 Å². The molecular weight excluding hydrogens is 316 g/mol. The van der Waals surface area contributed by atoms with Gasteiger partial charge in [0.25, 0.3) is 5.91 Å². The summed E-state index contributed by atoms with van der Waals surface area (Å²) >= 11 is 0. The Kier molecular flexibility index (Phi) is 5.26. The number of carbonyl (C=O) groups is 1. The van der Waals surface area contributed by atoms with Crippen LogP contribution in [-0.4, -0.2) is 29.1 Å². The van der Waals surface area contributed by atoms with Crippen LogP contribution in [0, 0.1) is 6.92 Å². The van der Waals surface area contributed by atoms with Crippen molar-refractivity contribution in [3.05, 3.63) is 71.4 Å². The fourth-order valence-corrected chi connectivity index (χ4v) is 2.67. The Balaban J connectivity index is 1.77. The molecule has 0 saturated carbocycles. The standard InChI is InChI=1S/C20H20N2O3/c1-14-11-16(18-7-2-3-8-19(18)22-14)13-25-17-6-4-5-15(12-17)20(24)21-9-10-23/h2-8,11-12,23H,9-10,13H2,1H3,(H,21,24). The molecule has 0 saturated heterocycles. The summed E-state index contributed by atoms with van der Waals surface area (Å²) in [6.45, 7) is 2.50. The van der Waals surface area contributed by atoms with Crippen LogP contribution in [0.3, 0.4) is 0 Å². The van der Waals surface area contributed by atoms with Crippen molar-refractivity contribution < 1.29 is 14.6 Å². The van der Waals surface area contributed by atoms with E-state index in [1.165, 1.54) is 0 Å². The van der Waals surface area contributed by atoms with Crippen molar-refractivity contribution in [1.82, 2.24) is 10.3 Å². The fraction of sp³-hybridized carbons (Fsp3) is 0.200.